The van der Waals surface area contributed by atoms with Gasteiger partial charge in [-0.15, -0.1) is 0 Å². The van der Waals surface area contributed by atoms with Crippen LogP contribution in [0.25, 0.3) is 6.08 Å². The van der Waals surface area contributed by atoms with Crippen molar-refractivity contribution in [3.8, 4) is 11.5 Å². The highest BCUT2D eigenvalue weighted by Gasteiger charge is 2.19. The summed E-state index contributed by atoms with van der Waals surface area (Å²) in [5, 5.41) is 20.9. The van der Waals surface area contributed by atoms with Gasteiger partial charge in [0.25, 0.3) is 0 Å². The van der Waals surface area contributed by atoms with Gasteiger partial charge in [0.2, 0.25) is 0 Å². The zero-order valence-electron chi connectivity index (χ0n) is 14.2. The van der Waals surface area contributed by atoms with Crippen LogP contribution in [0, 0.1) is 18.8 Å². The van der Waals surface area contributed by atoms with Gasteiger partial charge in [-0.05, 0) is 37.2 Å². The van der Waals surface area contributed by atoms with Crippen LogP contribution >= 0.6 is 11.6 Å². The molecule has 0 aromatic heterocycles. The summed E-state index contributed by atoms with van der Waals surface area (Å²) in [6.07, 6.45) is 6.79. The molecule has 0 saturated carbocycles. The summed E-state index contributed by atoms with van der Waals surface area (Å²) in [6.45, 7) is 12.2. The van der Waals surface area contributed by atoms with E-state index < -0.39 is 0 Å². The van der Waals surface area contributed by atoms with Crippen molar-refractivity contribution >= 4 is 17.7 Å². The summed E-state index contributed by atoms with van der Waals surface area (Å²) in [6, 6.07) is 0. The lowest BCUT2D eigenvalue weighted by molar-refractivity contribution is 0.413. The van der Waals surface area contributed by atoms with Crippen LogP contribution in [0.4, 0.5) is 0 Å². The minimum atomic E-state index is 0.0108. The smallest absolute Gasteiger partial charge is 0.141 e. The summed E-state index contributed by atoms with van der Waals surface area (Å²) < 4.78 is 0. The fraction of sp³-hybridized carbons (Fsp3) is 0.579. The van der Waals surface area contributed by atoms with Gasteiger partial charge in [0.1, 0.15) is 11.5 Å². The second-order valence-corrected chi connectivity index (χ2v) is 7.08. The molecule has 0 saturated heterocycles. The number of phenolic OH excluding ortho intramolecular Hbond substituents is 2. The van der Waals surface area contributed by atoms with E-state index in [2.05, 4.69) is 27.4 Å². The molecule has 3 heteroatoms. The van der Waals surface area contributed by atoms with Crippen molar-refractivity contribution in [3.63, 3.8) is 0 Å². The summed E-state index contributed by atoms with van der Waals surface area (Å²) in [4.78, 5) is 0. The van der Waals surface area contributed by atoms with E-state index in [0.29, 0.717) is 34.1 Å². The Hall–Kier alpha value is -1.15. The first-order valence-corrected chi connectivity index (χ1v) is 8.52. The molecular formula is C19H29ClO2. The zero-order valence-corrected chi connectivity index (χ0v) is 15.0. The second-order valence-electron chi connectivity index (χ2n) is 6.70. The Morgan fingerprint density at radius 3 is 2.27 bits per heavy atom. The van der Waals surface area contributed by atoms with Crippen LogP contribution in [-0.4, -0.2) is 10.2 Å². The molecule has 1 unspecified atom stereocenters. The van der Waals surface area contributed by atoms with Gasteiger partial charge >= 0.3 is 0 Å². The summed E-state index contributed by atoms with van der Waals surface area (Å²) >= 11 is 6.16. The molecule has 0 heterocycles. The third-order valence-corrected chi connectivity index (χ3v) is 4.80. The average molecular weight is 325 g/mol. The minimum absolute atomic E-state index is 0.0108. The largest absolute Gasteiger partial charge is 0.507 e. The highest BCUT2D eigenvalue weighted by Crippen LogP contribution is 2.42. The van der Waals surface area contributed by atoms with Crippen LogP contribution in [-0.2, 0) is 6.42 Å². The first kappa shape index (κ1) is 18.9. The third kappa shape index (κ3) is 4.67. The van der Waals surface area contributed by atoms with Crippen molar-refractivity contribution in [2.45, 2.75) is 59.8 Å². The Labute approximate surface area is 139 Å². The standard InChI is InChI=1S/C19H29ClO2/c1-6-15-14(5)17(20)19(22)16(18(15)21)11-10-13(4)9-7-8-12(2)3/h6,12-13,21-22H,1,7-11H2,2-5H3. The molecule has 0 aliphatic rings. The molecule has 0 radical (unpaired) electrons. The minimum Gasteiger partial charge on any atom is -0.507 e. The number of aromatic hydroxyl groups is 2. The second kappa shape index (κ2) is 8.47. The molecule has 2 N–H and O–H groups in total. The molecule has 124 valence electrons. The van der Waals surface area contributed by atoms with Crippen molar-refractivity contribution in [3.05, 3.63) is 28.3 Å². The Bertz CT molecular complexity index is 521. The zero-order chi connectivity index (χ0) is 16.9. The van der Waals surface area contributed by atoms with Gasteiger partial charge in [-0.2, -0.15) is 0 Å². The van der Waals surface area contributed by atoms with Gasteiger partial charge in [0.05, 0.1) is 5.02 Å². The van der Waals surface area contributed by atoms with E-state index in [4.69, 9.17) is 11.6 Å². The number of hydrogen-bond acceptors (Lipinski definition) is 2. The van der Waals surface area contributed by atoms with Crippen molar-refractivity contribution < 1.29 is 10.2 Å². The van der Waals surface area contributed by atoms with E-state index in [1.54, 1.807) is 13.0 Å². The lowest BCUT2D eigenvalue weighted by atomic mass is 9.92. The van der Waals surface area contributed by atoms with E-state index in [9.17, 15) is 10.2 Å². The molecule has 0 amide bonds. The molecule has 1 aromatic carbocycles. The number of benzene rings is 1. The van der Waals surface area contributed by atoms with E-state index >= 15 is 0 Å². The molecule has 1 rings (SSSR count). The van der Waals surface area contributed by atoms with Crippen molar-refractivity contribution in [2.75, 3.05) is 0 Å². The SMILES string of the molecule is C=Cc1c(C)c(Cl)c(O)c(CCC(C)CCCC(C)C)c1O. The molecule has 0 aliphatic carbocycles. The maximum atomic E-state index is 10.3. The summed E-state index contributed by atoms with van der Waals surface area (Å²) in [5.41, 5.74) is 1.83. The topological polar surface area (TPSA) is 40.5 Å². The number of hydrogen-bond donors (Lipinski definition) is 2. The van der Waals surface area contributed by atoms with E-state index in [1.165, 1.54) is 19.3 Å². The van der Waals surface area contributed by atoms with E-state index in [1.807, 2.05) is 0 Å². The summed E-state index contributed by atoms with van der Waals surface area (Å²) in [7, 11) is 0. The highest BCUT2D eigenvalue weighted by molar-refractivity contribution is 6.33. The lowest BCUT2D eigenvalue weighted by Gasteiger charge is -2.17. The van der Waals surface area contributed by atoms with Gasteiger partial charge in [-0.3, -0.25) is 0 Å². The maximum Gasteiger partial charge on any atom is 0.141 e. The van der Waals surface area contributed by atoms with Gasteiger partial charge in [0.15, 0.2) is 0 Å². The van der Waals surface area contributed by atoms with Gasteiger partial charge in [0, 0.05) is 11.1 Å². The van der Waals surface area contributed by atoms with Crippen LogP contribution < -0.4 is 0 Å². The third-order valence-electron chi connectivity index (χ3n) is 4.34. The van der Waals surface area contributed by atoms with E-state index in [0.717, 1.165) is 12.3 Å². The van der Waals surface area contributed by atoms with Crippen molar-refractivity contribution in [1.82, 2.24) is 0 Å². The number of rotatable bonds is 8. The van der Waals surface area contributed by atoms with Gasteiger partial charge in [-0.1, -0.05) is 64.3 Å². The van der Waals surface area contributed by atoms with Crippen LogP contribution in [0.15, 0.2) is 6.58 Å². The van der Waals surface area contributed by atoms with Crippen molar-refractivity contribution in [2.24, 2.45) is 11.8 Å². The Balaban J connectivity index is 2.78. The van der Waals surface area contributed by atoms with E-state index in [-0.39, 0.29) is 11.5 Å². The lowest BCUT2D eigenvalue weighted by Crippen LogP contribution is -2.01. The maximum absolute atomic E-state index is 10.3. The van der Waals surface area contributed by atoms with Crippen LogP contribution in [0.3, 0.4) is 0 Å². The monoisotopic (exact) mass is 324 g/mol. The molecule has 22 heavy (non-hydrogen) atoms. The predicted molar refractivity (Wildman–Crippen MR) is 95.8 cm³/mol. The fourth-order valence-electron chi connectivity index (χ4n) is 2.78. The van der Waals surface area contributed by atoms with Crippen LogP contribution in [0.2, 0.25) is 5.02 Å². The number of halogens is 1. The molecule has 0 fully saturated rings. The quantitative estimate of drug-likeness (QED) is 0.606. The molecule has 0 bridgehead atoms. The molecule has 1 atom stereocenters. The molecule has 0 spiro atoms. The van der Waals surface area contributed by atoms with Gasteiger partial charge in [-0.25, -0.2) is 0 Å². The fourth-order valence-corrected chi connectivity index (χ4v) is 2.99. The molecular weight excluding hydrogens is 296 g/mol. The first-order valence-electron chi connectivity index (χ1n) is 8.14. The first-order chi connectivity index (χ1) is 10.3. The normalized spacial score (nSPS) is 12.6. The van der Waals surface area contributed by atoms with Gasteiger partial charge < -0.3 is 10.2 Å². The van der Waals surface area contributed by atoms with Crippen LogP contribution in [0.1, 0.15) is 63.1 Å². The van der Waals surface area contributed by atoms with Crippen LogP contribution in [0.5, 0.6) is 11.5 Å². The Morgan fingerprint density at radius 1 is 1.09 bits per heavy atom. The Morgan fingerprint density at radius 2 is 1.73 bits per heavy atom. The molecule has 0 aliphatic heterocycles. The highest BCUT2D eigenvalue weighted by atomic mass is 35.5. The average Bonchev–Trinajstić information content (AvgIpc) is 2.45. The number of phenols is 2. The summed E-state index contributed by atoms with van der Waals surface area (Å²) in [5.74, 6) is 1.43. The van der Waals surface area contributed by atoms with Crippen molar-refractivity contribution in [1.29, 1.82) is 0 Å². The molecule has 1 aromatic rings. The molecule has 2 nitrogen and oxygen atoms in total. The Kier molecular flexibility index (Phi) is 7.28. The predicted octanol–water partition coefficient (Wildman–Crippen LogP) is 6.10.